The van der Waals surface area contributed by atoms with Gasteiger partial charge in [-0.25, -0.2) is 4.79 Å². The first-order valence-corrected chi connectivity index (χ1v) is 8.41. The van der Waals surface area contributed by atoms with Crippen LogP contribution in [0.5, 0.6) is 0 Å². The van der Waals surface area contributed by atoms with E-state index < -0.39 is 17.7 Å². The number of alkyl carbamates (subject to hydrolysis) is 1. The predicted molar refractivity (Wildman–Crippen MR) is 98.6 cm³/mol. The first-order valence-electron chi connectivity index (χ1n) is 8.03. The normalized spacial score (nSPS) is 12.6. The number of aliphatic hydroxyl groups excluding tert-OH is 1. The van der Waals surface area contributed by atoms with Crippen molar-refractivity contribution in [1.29, 1.82) is 0 Å². The Morgan fingerprint density at radius 3 is 2.68 bits per heavy atom. The maximum Gasteiger partial charge on any atom is 0.408 e. The van der Waals surface area contributed by atoms with Crippen LogP contribution in [0.1, 0.15) is 37.9 Å². The summed E-state index contributed by atoms with van der Waals surface area (Å²) in [6, 6.07) is 8.54. The molecule has 0 aliphatic heterocycles. The minimum Gasteiger partial charge on any atom is -0.444 e. The lowest BCUT2D eigenvalue weighted by molar-refractivity contribution is 0.0482. The Morgan fingerprint density at radius 2 is 2.08 bits per heavy atom. The number of hydrogen-bond donors (Lipinski definition) is 2. The van der Waals surface area contributed by atoms with Gasteiger partial charge in [0.1, 0.15) is 5.60 Å². The van der Waals surface area contributed by atoms with Crippen LogP contribution in [0.3, 0.4) is 0 Å². The van der Waals surface area contributed by atoms with E-state index in [2.05, 4.69) is 10.3 Å². The Labute approximate surface area is 153 Å². The zero-order valence-corrected chi connectivity index (χ0v) is 15.6. The highest BCUT2D eigenvalue weighted by atomic mass is 35.5. The van der Waals surface area contributed by atoms with Crippen molar-refractivity contribution >= 4 is 17.7 Å². The van der Waals surface area contributed by atoms with Gasteiger partial charge in [-0.05, 0) is 57.0 Å². The molecule has 2 N–H and O–H groups in total. The van der Waals surface area contributed by atoms with Crippen molar-refractivity contribution in [2.24, 2.45) is 0 Å². The number of hydrogen-bond acceptors (Lipinski definition) is 4. The fraction of sp³-hybridized carbons (Fsp3) is 0.368. The van der Waals surface area contributed by atoms with Gasteiger partial charge in [0.15, 0.2) is 0 Å². The van der Waals surface area contributed by atoms with E-state index in [1.807, 2.05) is 25.1 Å². The highest BCUT2D eigenvalue weighted by Crippen LogP contribution is 2.31. The molecule has 0 fully saturated rings. The van der Waals surface area contributed by atoms with Gasteiger partial charge in [-0.15, -0.1) is 0 Å². The molecule has 5 nitrogen and oxygen atoms in total. The number of halogens is 1. The zero-order valence-electron chi connectivity index (χ0n) is 14.8. The maximum atomic E-state index is 12.0. The van der Waals surface area contributed by atoms with Crippen LogP contribution in [0.25, 0.3) is 11.3 Å². The van der Waals surface area contributed by atoms with Crippen molar-refractivity contribution in [1.82, 2.24) is 10.3 Å². The lowest BCUT2D eigenvalue weighted by Crippen LogP contribution is -2.36. The average molecular weight is 363 g/mol. The monoisotopic (exact) mass is 362 g/mol. The number of rotatable bonds is 4. The molecule has 0 aliphatic carbocycles. The second-order valence-electron chi connectivity index (χ2n) is 6.79. The van der Waals surface area contributed by atoms with Crippen LogP contribution in [0.4, 0.5) is 4.79 Å². The third-order valence-corrected chi connectivity index (χ3v) is 3.86. The number of ether oxygens (including phenoxy) is 1. The second kappa shape index (κ2) is 7.85. The second-order valence-corrected chi connectivity index (χ2v) is 7.20. The summed E-state index contributed by atoms with van der Waals surface area (Å²) >= 11 is 6.33. The first kappa shape index (κ1) is 19.2. The summed E-state index contributed by atoms with van der Waals surface area (Å²) in [4.78, 5) is 16.4. The van der Waals surface area contributed by atoms with Gasteiger partial charge in [0.2, 0.25) is 0 Å². The van der Waals surface area contributed by atoms with Crippen molar-refractivity contribution in [3.8, 4) is 11.3 Å². The summed E-state index contributed by atoms with van der Waals surface area (Å²) in [5.41, 5.74) is 2.62. The molecule has 0 radical (unpaired) electrons. The van der Waals surface area contributed by atoms with Crippen molar-refractivity contribution < 1.29 is 14.6 Å². The number of aromatic nitrogens is 1. The lowest BCUT2D eigenvalue weighted by Gasteiger charge is -2.23. The number of aliphatic hydroxyl groups is 1. The number of carbonyl (C=O) groups excluding carboxylic acids is 1. The first-order chi connectivity index (χ1) is 11.7. The molecule has 0 aliphatic rings. The van der Waals surface area contributed by atoms with E-state index in [4.69, 9.17) is 16.3 Å². The smallest absolute Gasteiger partial charge is 0.408 e. The number of benzene rings is 1. The summed E-state index contributed by atoms with van der Waals surface area (Å²) in [6.45, 7) is 7.04. The highest BCUT2D eigenvalue weighted by Gasteiger charge is 2.21. The van der Waals surface area contributed by atoms with Gasteiger partial charge in [-0.3, -0.25) is 4.98 Å². The fourth-order valence-corrected chi connectivity index (χ4v) is 2.60. The largest absolute Gasteiger partial charge is 0.444 e. The molecule has 1 atom stereocenters. The van der Waals surface area contributed by atoms with Crippen LogP contribution < -0.4 is 5.32 Å². The van der Waals surface area contributed by atoms with E-state index in [1.54, 1.807) is 39.1 Å². The summed E-state index contributed by atoms with van der Waals surface area (Å²) in [7, 11) is 0. The summed E-state index contributed by atoms with van der Waals surface area (Å²) in [6.07, 6.45) is 1.12. The van der Waals surface area contributed by atoms with Gasteiger partial charge < -0.3 is 15.2 Å². The van der Waals surface area contributed by atoms with Crippen LogP contribution >= 0.6 is 11.6 Å². The van der Waals surface area contributed by atoms with Gasteiger partial charge in [-0.2, -0.15) is 0 Å². The predicted octanol–water partition coefficient (Wildman–Crippen LogP) is 4.27. The van der Waals surface area contributed by atoms with Crippen LogP contribution in [0, 0.1) is 6.92 Å². The van der Waals surface area contributed by atoms with Crippen molar-refractivity contribution in [2.75, 3.05) is 6.61 Å². The zero-order chi connectivity index (χ0) is 18.6. The Bertz CT molecular complexity index is 757. The Hall–Kier alpha value is -2.11. The molecule has 0 saturated carbocycles. The van der Waals surface area contributed by atoms with Crippen LogP contribution in [0.15, 0.2) is 36.5 Å². The summed E-state index contributed by atoms with van der Waals surface area (Å²) < 4.78 is 5.25. The molecule has 1 aromatic carbocycles. The number of aryl methyl sites for hydroxylation is 1. The minimum absolute atomic E-state index is 0.262. The van der Waals surface area contributed by atoms with Crippen molar-refractivity contribution in [3.63, 3.8) is 0 Å². The fourth-order valence-electron chi connectivity index (χ4n) is 2.39. The molecule has 6 heteroatoms. The summed E-state index contributed by atoms with van der Waals surface area (Å²) in [5, 5.41) is 12.9. The Kier molecular flexibility index (Phi) is 6.03. The topological polar surface area (TPSA) is 71.5 Å². The van der Waals surface area contributed by atoms with Gasteiger partial charge in [0, 0.05) is 16.8 Å². The quantitative estimate of drug-likeness (QED) is 0.852. The molecule has 134 valence electrons. The molecule has 0 spiro atoms. The molecule has 25 heavy (non-hydrogen) atoms. The molecular formula is C19H23ClN2O3. The maximum absolute atomic E-state index is 12.0. The Balaban J connectivity index is 2.31. The highest BCUT2D eigenvalue weighted by molar-refractivity contribution is 6.33. The van der Waals surface area contributed by atoms with Gasteiger partial charge >= 0.3 is 6.09 Å². The number of nitrogens with zero attached hydrogens (tertiary/aromatic N) is 1. The molecule has 2 aromatic rings. The van der Waals surface area contributed by atoms with Crippen LogP contribution in [-0.4, -0.2) is 28.4 Å². The van der Waals surface area contributed by atoms with E-state index in [1.165, 1.54) is 0 Å². The molecular weight excluding hydrogens is 340 g/mol. The van der Waals surface area contributed by atoms with Gasteiger partial charge in [0.05, 0.1) is 18.3 Å². The molecule has 1 amide bonds. The SMILES string of the molecule is Cc1cccnc1-c1cc([C@@H](CO)NC(=O)OC(C)(C)C)ccc1Cl. The minimum atomic E-state index is -0.611. The molecule has 1 aromatic heterocycles. The van der Waals surface area contributed by atoms with E-state index in [9.17, 15) is 9.90 Å². The standard InChI is InChI=1S/C19H23ClN2O3/c1-12-6-5-9-21-17(12)14-10-13(7-8-15(14)20)16(11-23)22-18(24)25-19(2,3)4/h5-10,16,23H,11H2,1-4H3,(H,22,24)/t16-/m1/s1. The number of pyridine rings is 1. The van der Waals surface area contributed by atoms with Gasteiger partial charge in [-0.1, -0.05) is 23.7 Å². The number of carbonyl (C=O) groups is 1. The van der Waals surface area contributed by atoms with Crippen molar-refractivity contribution in [2.45, 2.75) is 39.3 Å². The van der Waals surface area contributed by atoms with E-state index in [-0.39, 0.29) is 6.61 Å². The van der Waals surface area contributed by atoms with Crippen molar-refractivity contribution in [3.05, 3.63) is 52.7 Å². The van der Waals surface area contributed by atoms with E-state index >= 15 is 0 Å². The Morgan fingerprint density at radius 1 is 1.36 bits per heavy atom. The molecule has 0 unspecified atom stereocenters. The number of nitrogens with one attached hydrogen (secondary N) is 1. The third kappa shape index (κ3) is 5.18. The third-order valence-electron chi connectivity index (χ3n) is 3.53. The number of amides is 1. The van der Waals surface area contributed by atoms with E-state index in [0.717, 1.165) is 22.4 Å². The van der Waals surface area contributed by atoms with Crippen LogP contribution in [-0.2, 0) is 4.74 Å². The molecule has 0 bridgehead atoms. The van der Waals surface area contributed by atoms with E-state index in [0.29, 0.717) is 5.02 Å². The molecule has 2 rings (SSSR count). The van der Waals surface area contributed by atoms with Gasteiger partial charge in [0.25, 0.3) is 0 Å². The average Bonchev–Trinajstić information content (AvgIpc) is 2.52. The summed E-state index contributed by atoms with van der Waals surface area (Å²) in [5.74, 6) is 0. The lowest BCUT2D eigenvalue weighted by atomic mass is 10.0. The molecule has 0 saturated heterocycles. The van der Waals surface area contributed by atoms with Crippen LogP contribution in [0.2, 0.25) is 5.02 Å². The molecule has 1 heterocycles.